The maximum Gasteiger partial charge on any atom is 0.127 e. The van der Waals surface area contributed by atoms with E-state index in [0.29, 0.717) is 11.8 Å². The first-order chi connectivity index (χ1) is 12.4. The molecule has 4 rings (SSSR count). The molecule has 2 aromatic rings. The molecular weight excluding hydrogens is 324 g/mol. The van der Waals surface area contributed by atoms with Gasteiger partial charge >= 0.3 is 0 Å². The smallest absolute Gasteiger partial charge is 0.127 e. The third-order valence-electron chi connectivity index (χ3n) is 6.33. The number of ether oxygens (including phenoxy) is 2. The zero-order valence-corrected chi connectivity index (χ0v) is 15.8. The highest BCUT2D eigenvalue weighted by molar-refractivity contribution is 5.35. The third-order valence-corrected chi connectivity index (χ3v) is 6.33. The highest BCUT2D eigenvalue weighted by Crippen LogP contribution is 2.53. The van der Waals surface area contributed by atoms with Crippen LogP contribution >= 0.6 is 0 Å². The average Bonchev–Trinajstić information content (AvgIpc) is 2.63. The maximum absolute atomic E-state index is 10.5. The molecule has 1 aliphatic carbocycles. The minimum atomic E-state index is -0.242. The standard InChI is InChI=1S/C23H28O3/c1-15-20-13-17(14-21(15)24)23(2,3)26-22(20)16-8-7-11-19(12-16)25-18-9-5-4-6-10-18/h4-12,15,17,20-22,24H,13-14H2,1-3H3/t15-,17?,20?,21-,22-/m0/s1. The predicted molar refractivity (Wildman–Crippen MR) is 102 cm³/mol. The largest absolute Gasteiger partial charge is 0.457 e. The fourth-order valence-corrected chi connectivity index (χ4v) is 4.60. The van der Waals surface area contributed by atoms with Crippen LogP contribution in [0.25, 0.3) is 0 Å². The van der Waals surface area contributed by atoms with Crippen molar-refractivity contribution in [2.45, 2.75) is 51.4 Å². The summed E-state index contributed by atoms with van der Waals surface area (Å²) < 4.78 is 12.6. The number of hydrogen-bond donors (Lipinski definition) is 1. The van der Waals surface area contributed by atoms with Gasteiger partial charge in [-0.1, -0.05) is 37.3 Å². The molecule has 1 N–H and O–H groups in total. The molecule has 1 aliphatic heterocycles. The summed E-state index contributed by atoms with van der Waals surface area (Å²) in [6, 6.07) is 18.0. The van der Waals surface area contributed by atoms with Crippen molar-refractivity contribution in [3.05, 3.63) is 60.2 Å². The molecule has 2 aromatic carbocycles. The number of aliphatic hydroxyl groups excluding tert-OH is 1. The minimum absolute atomic E-state index is 0.00877. The minimum Gasteiger partial charge on any atom is -0.457 e. The summed E-state index contributed by atoms with van der Waals surface area (Å²) >= 11 is 0. The molecule has 1 saturated carbocycles. The zero-order chi connectivity index (χ0) is 18.3. The Morgan fingerprint density at radius 1 is 1.00 bits per heavy atom. The van der Waals surface area contributed by atoms with Crippen LogP contribution in [-0.2, 0) is 4.74 Å². The van der Waals surface area contributed by atoms with Crippen molar-refractivity contribution in [1.29, 1.82) is 0 Å². The Labute approximate surface area is 156 Å². The molecule has 2 aliphatic rings. The third kappa shape index (κ3) is 3.26. The van der Waals surface area contributed by atoms with Gasteiger partial charge in [-0.05, 0) is 74.3 Å². The van der Waals surface area contributed by atoms with Gasteiger partial charge in [0, 0.05) is 0 Å². The summed E-state index contributed by atoms with van der Waals surface area (Å²) in [6.07, 6.45) is 1.70. The summed E-state index contributed by atoms with van der Waals surface area (Å²) in [4.78, 5) is 0. The van der Waals surface area contributed by atoms with E-state index < -0.39 is 0 Å². The quantitative estimate of drug-likeness (QED) is 0.809. The molecule has 138 valence electrons. The molecule has 1 saturated heterocycles. The monoisotopic (exact) mass is 352 g/mol. The van der Waals surface area contributed by atoms with Gasteiger partial charge in [0.25, 0.3) is 0 Å². The number of rotatable bonds is 3. The molecule has 0 aromatic heterocycles. The molecule has 3 heteroatoms. The highest BCUT2D eigenvalue weighted by Gasteiger charge is 2.50. The lowest BCUT2D eigenvalue weighted by Gasteiger charge is -2.53. The van der Waals surface area contributed by atoms with Crippen molar-refractivity contribution in [2.24, 2.45) is 17.8 Å². The first-order valence-corrected chi connectivity index (χ1v) is 9.63. The van der Waals surface area contributed by atoms with Gasteiger partial charge in [-0.3, -0.25) is 0 Å². The lowest BCUT2D eigenvalue weighted by Crippen LogP contribution is -2.52. The van der Waals surface area contributed by atoms with E-state index in [1.165, 1.54) is 0 Å². The second-order valence-corrected chi connectivity index (χ2v) is 8.39. The van der Waals surface area contributed by atoms with E-state index in [2.05, 4.69) is 32.9 Å². The molecule has 3 nitrogen and oxygen atoms in total. The summed E-state index contributed by atoms with van der Waals surface area (Å²) in [5, 5.41) is 10.5. The first-order valence-electron chi connectivity index (χ1n) is 9.63. The van der Waals surface area contributed by atoms with E-state index in [-0.39, 0.29) is 23.7 Å². The lowest BCUT2D eigenvalue weighted by atomic mass is 9.63. The first kappa shape index (κ1) is 17.6. The molecule has 26 heavy (non-hydrogen) atoms. The van der Waals surface area contributed by atoms with Crippen LogP contribution < -0.4 is 4.74 Å². The summed E-state index contributed by atoms with van der Waals surface area (Å²) in [5.41, 5.74) is 0.911. The number of fused-ring (bicyclic) bond motifs is 2. The van der Waals surface area contributed by atoms with E-state index in [0.717, 1.165) is 29.9 Å². The fourth-order valence-electron chi connectivity index (χ4n) is 4.60. The van der Waals surface area contributed by atoms with Crippen LogP contribution in [0.4, 0.5) is 0 Å². The van der Waals surface area contributed by atoms with E-state index in [1.54, 1.807) is 0 Å². The zero-order valence-electron chi connectivity index (χ0n) is 15.8. The summed E-state index contributed by atoms with van der Waals surface area (Å²) in [5.74, 6) is 2.64. The van der Waals surface area contributed by atoms with Crippen LogP contribution in [-0.4, -0.2) is 16.8 Å². The number of aliphatic hydroxyl groups is 1. The van der Waals surface area contributed by atoms with Crippen molar-refractivity contribution < 1.29 is 14.6 Å². The average molecular weight is 352 g/mol. The molecule has 0 radical (unpaired) electrons. The van der Waals surface area contributed by atoms with Crippen LogP contribution in [0.3, 0.4) is 0 Å². The van der Waals surface area contributed by atoms with Gasteiger partial charge in [0.15, 0.2) is 0 Å². The SMILES string of the molecule is C[C@H]1C2CC(C[C@@H]1O)C(C)(C)O[C@H]2c1cccc(Oc2ccccc2)c1. The van der Waals surface area contributed by atoms with Gasteiger partial charge < -0.3 is 14.6 Å². The van der Waals surface area contributed by atoms with Crippen molar-refractivity contribution in [1.82, 2.24) is 0 Å². The number of para-hydroxylation sites is 1. The van der Waals surface area contributed by atoms with Crippen molar-refractivity contribution in [2.75, 3.05) is 0 Å². The Morgan fingerprint density at radius 2 is 1.73 bits per heavy atom. The fraction of sp³-hybridized carbons (Fsp3) is 0.478. The van der Waals surface area contributed by atoms with Crippen LogP contribution in [0, 0.1) is 17.8 Å². The molecule has 0 amide bonds. The van der Waals surface area contributed by atoms with Crippen LogP contribution in [0.1, 0.15) is 45.3 Å². The Bertz CT molecular complexity index is 755. The predicted octanol–water partition coefficient (Wildman–Crippen LogP) is 5.35. The Hall–Kier alpha value is -1.84. The summed E-state index contributed by atoms with van der Waals surface area (Å²) in [6.45, 7) is 6.48. The molecule has 2 bridgehead atoms. The Balaban J connectivity index is 1.62. The number of benzene rings is 2. The van der Waals surface area contributed by atoms with E-state index in [9.17, 15) is 5.11 Å². The van der Waals surface area contributed by atoms with Gasteiger partial charge in [0.05, 0.1) is 17.8 Å². The Morgan fingerprint density at radius 3 is 2.50 bits per heavy atom. The van der Waals surface area contributed by atoms with E-state index >= 15 is 0 Å². The summed E-state index contributed by atoms with van der Waals surface area (Å²) in [7, 11) is 0. The van der Waals surface area contributed by atoms with Gasteiger partial charge in [-0.25, -0.2) is 0 Å². The van der Waals surface area contributed by atoms with Gasteiger partial charge in [-0.2, -0.15) is 0 Å². The normalized spacial score (nSPS) is 32.8. The topological polar surface area (TPSA) is 38.7 Å². The van der Waals surface area contributed by atoms with E-state index in [1.807, 2.05) is 42.5 Å². The molecule has 2 fully saturated rings. The van der Waals surface area contributed by atoms with Gasteiger partial charge in [0.2, 0.25) is 0 Å². The van der Waals surface area contributed by atoms with Crippen LogP contribution in [0.2, 0.25) is 0 Å². The van der Waals surface area contributed by atoms with E-state index in [4.69, 9.17) is 9.47 Å². The lowest BCUT2D eigenvalue weighted by molar-refractivity contribution is -0.215. The number of hydrogen-bond acceptors (Lipinski definition) is 3. The highest BCUT2D eigenvalue weighted by atomic mass is 16.5. The van der Waals surface area contributed by atoms with Gasteiger partial charge in [0.1, 0.15) is 11.5 Å². The molecular formula is C23H28O3. The maximum atomic E-state index is 10.5. The van der Waals surface area contributed by atoms with Gasteiger partial charge in [-0.15, -0.1) is 0 Å². The molecule has 0 spiro atoms. The molecule has 2 unspecified atom stereocenters. The Kier molecular flexibility index (Phi) is 4.54. The second-order valence-electron chi connectivity index (χ2n) is 8.39. The van der Waals surface area contributed by atoms with Crippen LogP contribution in [0.15, 0.2) is 54.6 Å². The molecule has 5 atom stereocenters. The van der Waals surface area contributed by atoms with Crippen LogP contribution in [0.5, 0.6) is 11.5 Å². The van der Waals surface area contributed by atoms with Crippen molar-refractivity contribution >= 4 is 0 Å². The van der Waals surface area contributed by atoms with Crippen molar-refractivity contribution in [3.8, 4) is 11.5 Å². The second kappa shape index (κ2) is 6.71. The van der Waals surface area contributed by atoms with Crippen molar-refractivity contribution in [3.63, 3.8) is 0 Å². The molecule has 1 heterocycles.